The smallest absolute Gasteiger partial charge is 0.110 e. The number of ether oxygens (including phenoxy) is 1. The number of benzene rings is 2. The van der Waals surface area contributed by atoms with E-state index < -0.39 is 0 Å². The summed E-state index contributed by atoms with van der Waals surface area (Å²) in [5, 5.41) is 1.30. The molecule has 2 nitrogen and oxygen atoms in total. The minimum atomic E-state index is -0.0994. The first-order valence-electron chi connectivity index (χ1n) is 8.63. The molecule has 1 aliphatic carbocycles. The van der Waals surface area contributed by atoms with Crippen LogP contribution in [0.25, 0.3) is 16.5 Å². The number of aromatic amines is 1. The van der Waals surface area contributed by atoms with Crippen molar-refractivity contribution in [2.45, 2.75) is 31.6 Å². The maximum absolute atomic E-state index is 6.01. The first kappa shape index (κ1) is 15.1. The Kier molecular flexibility index (Phi) is 3.68. The van der Waals surface area contributed by atoms with Crippen LogP contribution in [0.15, 0.2) is 66.6 Å². The number of hydrogen-bond donors (Lipinski definition) is 1. The van der Waals surface area contributed by atoms with Crippen LogP contribution in [-0.4, -0.2) is 12.1 Å². The number of aromatic nitrogens is 1. The van der Waals surface area contributed by atoms with Crippen molar-refractivity contribution in [1.29, 1.82) is 0 Å². The Morgan fingerprint density at radius 2 is 1.75 bits per heavy atom. The molecule has 1 aliphatic rings. The van der Waals surface area contributed by atoms with Gasteiger partial charge in [0.05, 0.1) is 12.5 Å². The number of rotatable bonds is 3. The van der Waals surface area contributed by atoms with Crippen LogP contribution in [0.1, 0.15) is 37.3 Å². The lowest BCUT2D eigenvalue weighted by Crippen LogP contribution is -2.29. The SMILES string of the molecule is COC1=C(c2ccccc2)CCCC1(C)c1c[nH]c2ccccc12. The molecule has 0 saturated heterocycles. The Morgan fingerprint density at radius 1 is 1.00 bits per heavy atom. The summed E-state index contributed by atoms with van der Waals surface area (Å²) in [6, 6.07) is 19.2. The molecule has 0 amide bonds. The number of para-hydroxylation sites is 1. The molecule has 2 aromatic carbocycles. The lowest BCUT2D eigenvalue weighted by Gasteiger charge is -2.37. The molecule has 0 aliphatic heterocycles. The second-order valence-electron chi connectivity index (χ2n) is 6.81. The van der Waals surface area contributed by atoms with Gasteiger partial charge in [0.15, 0.2) is 0 Å². The number of H-pyrrole nitrogens is 1. The van der Waals surface area contributed by atoms with Crippen LogP contribution in [0, 0.1) is 0 Å². The van der Waals surface area contributed by atoms with Gasteiger partial charge in [-0.25, -0.2) is 0 Å². The predicted molar refractivity (Wildman–Crippen MR) is 99.9 cm³/mol. The van der Waals surface area contributed by atoms with Gasteiger partial charge >= 0.3 is 0 Å². The summed E-state index contributed by atoms with van der Waals surface area (Å²) < 4.78 is 6.01. The molecule has 1 aromatic heterocycles. The van der Waals surface area contributed by atoms with Crippen molar-refractivity contribution in [3.05, 3.63) is 77.7 Å². The Labute approximate surface area is 143 Å². The molecule has 2 heteroatoms. The highest BCUT2D eigenvalue weighted by Gasteiger charge is 2.39. The second-order valence-corrected chi connectivity index (χ2v) is 6.81. The molecule has 0 radical (unpaired) electrons. The zero-order valence-corrected chi connectivity index (χ0v) is 14.3. The highest BCUT2D eigenvalue weighted by molar-refractivity contribution is 5.85. The van der Waals surface area contributed by atoms with Gasteiger partial charge in [-0.05, 0) is 49.0 Å². The van der Waals surface area contributed by atoms with E-state index in [1.807, 2.05) is 7.11 Å². The molecule has 0 fully saturated rings. The molecule has 3 aromatic rings. The summed E-state index contributed by atoms with van der Waals surface area (Å²) >= 11 is 0. The first-order chi connectivity index (χ1) is 11.7. The normalized spacial score (nSPS) is 21.2. The van der Waals surface area contributed by atoms with Crippen LogP contribution >= 0.6 is 0 Å². The maximum atomic E-state index is 6.01. The van der Waals surface area contributed by atoms with E-state index in [0.29, 0.717) is 0 Å². The van der Waals surface area contributed by atoms with Gasteiger partial charge in [-0.3, -0.25) is 0 Å². The fraction of sp³-hybridized carbons (Fsp3) is 0.273. The summed E-state index contributed by atoms with van der Waals surface area (Å²) in [6.07, 6.45) is 5.52. The van der Waals surface area contributed by atoms with Crippen LogP contribution in [0.3, 0.4) is 0 Å². The molecule has 1 N–H and O–H groups in total. The quantitative estimate of drug-likeness (QED) is 0.661. The van der Waals surface area contributed by atoms with E-state index in [1.165, 1.54) is 34.0 Å². The van der Waals surface area contributed by atoms with Gasteiger partial charge in [0.25, 0.3) is 0 Å². The third-order valence-corrected chi connectivity index (χ3v) is 5.39. The topological polar surface area (TPSA) is 25.0 Å². The molecule has 1 atom stereocenters. The van der Waals surface area contributed by atoms with E-state index in [0.717, 1.165) is 18.6 Å². The van der Waals surface area contributed by atoms with Crippen molar-refractivity contribution in [2.75, 3.05) is 7.11 Å². The minimum Gasteiger partial charge on any atom is -0.500 e. The van der Waals surface area contributed by atoms with E-state index in [4.69, 9.17) is 4.74 Å². The van der Waals surface area contributed by atoms with Crippen molar-refractivity contribution < 1.29 is 4.74 Å². The molecular weight excluding hydrogens is 294 g/mol. The Hall–Kier alpha value is -2.48. The third-order valence-electron chi connectivity index (χ3n) is 5.39. The average molecular weight is 317 g/mol. The lowest BCUT2D eigenvalue weighted by molar-refractivity contribution is 0.213. The summed E-state index contributed by atoms with van der Waals surface area (Å²) in [7, 11) is 1.82. The fourth-order valence-corrected chi connectivity index (χ4v) is 4.23. The molecule has 0 spiro atoms. The van der Waals surface area contributed by atoms with Gasteiger partial charge in [0.1, 0.15) is 5.76 Å². The zero-order chi connectivity index (χ0) is 16.6. The van der Waals surface area contributed by atoms with Gasteiger partial charge in [-0.2, -0.15) is 0 Å². The highest BCUT2D eigenvalue weighted by atomic mass is 16.5. The minimum absolute atomic E-state index is 0.0994. The van der Waals surface area contributed by atoms with Crippen molar-refractivity contribution in [3.8, 4) is 0 Å². The number of fused-ring (bicyclic) bond motifs is 1. The molecule has 4 rings (SSSR count). The number of nitrogens with one attached hydrogen (secondary N) is 1. The standard InChI is InChI=1S/C22H23NO/c1-22(19-15-23-20-13-7-6-11-18(19)20)14-8-12-17(21(22)24-2)16-9-4-3-5-10-16/h3-7,9-11,13,15,23H,8,12,14H2,1-2H3. The van der Waals surface area contributed by atoms with Gasteiger partial charge in [0.2, 0.25) is 0 Å². The molecule has 0 saturated carbocycles. The molecule has 24 heavy (non-hydrogen) atoms. The van der Waals surface area contributed by atoms with Crippen molar-refractivity contribution in [2.24, 2.45) is 0 Å². The van der Waals surface area contributed by atoms with Crippen LogP contribution in [0.5, 0.6) is 0 Å². The van der Waals surface area contributed by atoms with Crippen LogP contribution < -0.4 is 0 Å². The van der Waals surface area contributed by atoms with E-state index in [1.54, 1.807) is 0 Å². The van der Waals surface area contributed by atoms with Crippen molar-refractivity contribution in [1.82, 2.24) is 4.98 Å². The molecular formula is C22H23NO. The first-order valence-corrected chi connectivity index (χ1v) is 8.63. The van der Waals surface area contributed by atoms with E-state index in [9.17, 15) is 0 Å². The van der Waals surface area contributed by atoms with Crippen molar-refractivity contribution >= 4 is 16.5 Å². The summed E-state index contributed by atoms with van der Waals surface area (Å²) in [4.78, 5) is 3.43. The predicted octanol–water partition coefficient (Wildman–Crippen LogP) is 5.67. The van der Waals surface area contributed by atoms with E-state index in [2.05, 4.69) is 72.7 Å². The van der Waals surface area contributed by atoms with E-state index in [-0.39, 0.29) is 5.41 Å². The molecule has 1 heterocycles. The van der Waals surface area contributed by atoms with Crippen LogP contribution in [0.2, 0.25) is 0 Å². The van der Waals surface area contributed by atoms with Gasteiger partial charge < -0.3 is 9.72 Å². The van der Waals surface area contributed by atoms with Gasteiger partial charge in [-0.1, -0.05) is 48.5 Å². The number of methoxy groups -OCH3 is 1. The molecule has 0 bridgehead atoms. The number of allylic oxidation sites excluding steroid dienone is 2. The Morgan fingerprint density at radius 3 is 2.54 bits per heavy atom. The lowest BCUT2D eigenvalue weighted by atomic mass is 9.70. The Bertz CT molecular complexity index is 890. The monoisotopic (exact) mass is 317 g/mol. The average Bonchev–Trinajstić information content (AvgIpc) is 3.07. The van der Waals surface area contributed by atoms with E-state index >= 15 is 0 Å². The van der Waals surface area contributed by atoms with Gasteiger partial charge in [-0.15, -0.1) is 0 Å². The summed E-state index contributed by atoms with van der Waals surface area (Å²) in [5.41, 5.74) is 5.05. The summed E-state index contributed by atoms with van der Waals surface area (Å²) in [5.74, 6) is 1.12. The molecule has 1 unspecified atom stereocenters. The van der Waals surface area contributed by atoms with Crippen LogP contribution in [-0.2, 0) is 10.2 Å². The third kappa shape index (κ3) is 2.25. The van der Waals surface area contributed by atoms with Crippen LogP contribution in [0.4, 0.5) is 0 Å². The largest absolute Gasteiger partial charge is 0.500 e. The maximum Gasteiger partial charge on any atom is 0.110 e. The highest BCUT2D eigenvalue weighted by Crippen LogP contribution is 2.48. The number of hydrogen-bond acceptors (Lipinski definition) is 1. The zero-order valence-electron chi connectivity index (χ0n) is 14.3. The molecule has 122 valence electrons. The second kappa shape index (κ2) is 5.86. The summed E-state index contributed by atoms with van der Waals surface area (Å²) in [6.45, 7) is 2.32. The van der Waals surface area contributed by atoms with Crippen molar-refractivity contribution in [3.63, 3.8) is 0 Å². The van der Waals surface area contributed by atoms with Gasteiger partial charge in [0, 0.05) is 17.1 Å². The Balaban J connectivity index is 1.92. The fourth-order valence-electron chi connectivity index (χ4n) is 4.23.